The summed E-state index contributed by atoms with van der Waals surface area (Å²) in [6, 6.07) is 5.96. The van der Waals surface area contributed by atoms with Crippen LogP contribution in [0.15, 0.2) is 22.7 Å². The maximum Gasteiger partial charge on any atom is 0.141 e. The number of aromatic nitrogens is 1. The molecule has 0 fully saturated rings. The van der Waals surface area contributed by atoms with Crippen LogP contribution in [0.1, 0.15) is 30.9 Å². The highest BCUT2D eigenvalue weighted by atomic mass is 16.5. The molecular weight excluding hydrogens is 240 g/mol. The second kappa shape index (κ2) is 4.70. The van der Waals surface area contributed by atoms with Crippen LogP contribution in [0.3, 0.4) is 0 Å². The van der Waals surface area contributed by atoms with E-state index in [2.05, 4.69) is 10.5 Å². The van der Waals surface area contributed by atoms with Crippen molar-refractivity contribution in [3.8, 4) is 11.1 Å². The molecule has 4 heteroatoms. The number of aliphatic hydroxyl groups is 1. The van der Waals surface area contributed by atoms with Crippen molar-refractivity contribution < 1.29 is 9.63 Å². The van der Waals surface area contributed by atoms with Crippen LogP contribution in [0.2, 0.25) is 0 Å². The third kappa shape index (κ3) is 2.49. The van der Waals surface area contributed by atoms with Crippen molar-refractivity contribution in [2.75, 3.05) is 12.4 Å². The van der Waals surface area contributed by atoms with Gasteiger partial charge in [0.15, 0.2) is 0 Å². The largest absolute Gasteiger partial charge is 0.388 e. The van der Waals surface area contributed by atoms with E-state index in [-0.39, 0.29) is 0 Å². The molecule has 0 amide bonds. The highest BCUT2D eigenvalue weighted by Crippen LogP contribution is 2.34. The second-order valence-electron chi connectivity index (χ2n) is 5.27. The Labute approximate surface area is 113 Å². The van der Waals surface area contributed by atoms with Crippen LogP contribution in [0.5, 0.6) is 0 Å². The molecule has 19 heavy (non-hydrogen) atoms. The van der Waals surface area contributed by atoms with Crippen LogP contribution < -0.4 is 5.32 Å². The van der Waals surface area contributed by atoms with Gasteiger partial charge >= 0.3 is 0 Å². The summed E-state index contributed by atoms with van der Waals surface area (Å²) in [5, 5.41) is 17.4. The summed E-state index contributed by atoms with van der Waals surface area (Å²) in [4.78, 5) is 0. The average Bonchev–Trinajstić information content (AvgIpc) is 2.67. The standard InChI is InChI=1S/C15H20N2O2/c1-9-14(10(2)19-17-9)11-6-7-13(16-5)12(8-11)15(3,4)18/h6-8,16,18H,1-5H3. The van der Waals surface area contributed by atoms with Crippen LogP contribution in [0.4, 0.5) is 5.69 Å². The van der Waals surface area contributed by atoms with E-state index >= 15 is 0 Å². The van der Waals surface area contributed by atoms with Crippen molar-refractivity contribution >= 4 is 5.69 Å². The first kappa shape index (κ1) is 13.6. The fourth-order valence-corrected chi connectivity index (χ4v) is 2.32. The number of aryl methyl sites for hydroxylation is 2. The molecule has 2 N–H and O–H groups in total. The van der Waals surface area contributed by atoms with Crippen LogP contribution in [0, 0.1) is 13.8 Å². The summed E-state index contributed by atoms with van der Waals surface area (Å²) in [6.07, 6.45) is 0. The molecule has 0 saturated carbocycles. The third-order valence-corrected chi connectivity index (χ3v) is 3.27. The number of rotatable bonds is 3. The lowest BCUT2D eigenvalue weighted by molar-refractivity contribution is 0.0794. The Balaban J connectivity index is 2.62. The van der Waals surface area contributed by atoms with Gasteiger partial charge in [0.05, 0.1) is 11.3 Å². The molecular formula is C15H20N2O2. The number of benzene rings is 1. The molecule has 1 aromatic carbocycles. The smallest absolute Gasteiger partial charge is 0.141 e. The Morgan fingerprint density at radius 3 is 2.42 bits per heavy atom. The van der Waals surface area contributed by atoms with Crippen LogP contribution in [-0.4, -0.2) is 17.3 Å². The molecule has 0 unspecified atom stereocenters. The summed E-state index contributed by atoms with van der Waals surface area (Å²) >= 11 is 0. The Morgan fingerprint density at radius 2 is 1.95 bits per heavy atom. The van der Waals surface area contributed by atoms with E-state index in [0.29, 0.717) is 0 Å². The van der Waals surface area contributed by atoms with Crippen molar-refractivity contribution in [2.45, 2.75) is 33.3 Å². The van der Waals surface area contributed by atoms with Gasteiger partial charge in [0.25, 0.3) is 0 Å². The molecule has 0 bridgehead atoms. The fourth-order valence-electron chi connectivity index (χ4n) is 2.32. The van der Waals surface area contributed by atoms with Crippen LogP contribution in [0.25, 0.3) is 11.1 Å². The van der Waals surface area contributed by atoms with Crippen LogP contribution in [-0.2, 0) is 5.60 Å². The number of hydrogen-bond donors (Lipinski definition) is 2. The predicted octanol–water partition coefficient (Wildman–Crippen LogP) is 3.23. The van der Waals surface area contributed by atoms with E-state index in [1.54, 1.807) is 13.8 Å². The summed E-state index contributed by atoms with van der Waals surface area (Å²) in [5.74, 6) is 0.788. The van der Waals surface area contributed by atoms with Gasteiger partial charge in [0.1, 0.15) is 5.76 Å². The topological polar surface area (TPSA) is 58.3 Å². The minimum absolute atomic E-state index is 0.788. The van der Waals surface area contributed by atoms with E-state index in [1.165, 1.54) is 0 Å². The van der Waals surface area contributed by atoms with Crippen molar-refractivity contribution in [3.05, 3.63) is 35.2 Å². The maximum atomic E-state index is 10.3. The summed E-state index contributed by atoms with van der Waals surface area (Å²) < 4.78 is 5.20. The number of nitrogens with zero attached hydrogens (tertiary/aromatic N) is 1. The lowest BCUT2D eigenvalue weighted by Crippen LogP contribution is -2.17. The molecule has 0 saturated heterocycles. The normalized spacial score (nSPS) is 11.7. The quantitative estimate of drug-likeness (QED) is 0.889. The monoisotopic (exact) mass is 260 g/mol. The second-order valence-corrected chi connectivity index (χ2v) is 5.27. The van der Waals surface area contributed by atoms with Gasteiger partial charge in [-0.15, -0.1) is 0 Å². The van der Waals surface area contributed by atoms with E-state index in [4.69, 9.17) is 4.52 Å². The van der Waals surface area contributed by atoms with Crippen molar-refractivity contribution in [3.63, 3.8) is 0 Å². The Hall–Kier alpha value is -1.81. The molecule has 4 nitrogen and oxygen atoms in total. The summed E-state index contributed by atoms with van der Waals surface area (Å²) in [5.41, 5.74) is 3.72. The first-order chi connectivity index (χ1) is 8.84. The Bertz CT molecular complexity index is 575. The fraction of sp³-hybridized carbons (Fsp3) is 0.400. The number of nitrogens with one attached hydrogen (secondary N) is 1. The Morgan fingerprint density at radius 1 is 1.26 bits per heavy atom. The van der Waals surface area contributed by atoms with E-state index in [9.17, 15) is 5.11 Å². The molecule has 2 rings (SSSR count). The molecule has 1 aromatic heterocycles. The molecule has 1 heterocycles. The highest BCUT2D eigenvalue weighted by Gasteiger charge is 2.22. The molecule has 0 atom stereocenters. The zero-order valence-electron chi connectivity index (χ0n) is 12.0. The first-order valence-corrected chi connectivity index (χ1v) is 6.32. The minimum Gasteiger partial charge on any atom is -0.388 e. The third-order valence-electron chi connectivity index (χ3n) is 3.27. The van der Waals surface area contributed by atoms with Crippen molar-refractivity contribution in [1.82, 2.24) is 5.16 Å². The van der Waals surface area contributed by atoms with E-state index in [0.717, 1.165) is 33.8 Å². The minimum atomic E-state index is -0.909. The average molecular weight is 260 g/mol. The van der Waals surface area contributed by atoms with Gasteiger partial charge in [-0.3, -0.25) is 0 Å². The van der Waals surface area contributed by atoms with E-state index < -0.39 is 5.60 Å². The van der Waals surface area contributed by atoms with Gasteiger partial charge < -0.3 is 14.9 Å². The SMILES string of the molecule is CNc1ccc(-c2c(C)noc2C)cc1C(C)(C)O. The van der Waals surface area contributed by atoms with Gasteiger partial charge in [-0.1, -0.05) is 11.2 Å². The van der Waals surface area contributed by atoms with Crippen molar-refractivity contribution in [2.24, 2.45) is 0 Å². The molecule has 0 aliphatic rings. The van der Waals surface area contributed by atoms with Crippen LogP contribution >= 0.6 is 0 Å². The predicted molar refractivity (Wildman–Crippen MR) is 76.2 cm³/mol. The first-order valence-electron chi connectivity index (χ1n) is 6.32. The summed E-state index contributed by atoms with van der Waals surface area (Å²) in [7, 11) is 1.85. The lowest BCUT2D eigenvalue weighted by atomic mass is 9.92. The molecule has 102 valence electrons. The van der Waals surface area contributed by atoms with Crippen molar-refractivity contribution in [1.29, 1.82) is 0 Å². The van der Waals surface area contributed by atoms with Gasteiger partial charge in [-0.25, -0.2) is 0 Å². The molecule has 2 aromatic rings. The lowest BCUT2D eigenvalue weighted by Gasteiger charge is -2.22. The molecule has 0 spiro atoms. The van der Waals surface area contributed by atoms with Gasteiger partial charge in [0, 0.05) is 23.9 Å². The molecule has 0 aliphatic heterocycles. The summed E-state index contributed by atoms with van der Waals surface area (Å²) in [6.45, 7) is 7.37. The number of hydrogen-bond acceptors (Lipinski definition) is 4. The maximum absolute atomic E-state index is 10.3. The highest BCUT2D eigenvalue weighted by molar-refractivity contribution is 5.72. The molecule has 0 radical (unpaired) electrons. The van der Waals surface area contributed by atoms with Gasteiger partial charge in [0.2, 0.25) is 0 Å². The van der Waals surface area contributed by atoms with Gasteiger partial charge in [-0.2, -0.15) is 0 Å². The molecule has 0 aliphatic carbocycles. The Kier molecular flexibility index (Phi) is 3.37. The van der Waals surface area contributed by atoms with E-state index in [1.807, 2.05) is 39.1 Å². The van der Waals surface area contributed by atoms with Gasteiger partial charge in [-0.05, 0) is 45.4 Å². The number of anilines is 1. The zero-order chi connectivity index (χ0) is 14.2. The zero-order valence-corrected chi connectivity index (χ0v) is 12.0.